The van der Waals surface area contributed by atoms with E-state index in [4.69, 9.17) is 0 Å². The molecule has 1 aliphatic heterocycles. The number of hydrogen-bond donors (Lipinski definition) is 2. The molecule has 2 aromatic rings. The molecule has 1 saturated heterocycles. The highest BCUT2D eigenvalue weighted by Crippen LogP contribution is 2.29. The minimum atomic E-state index is -0.451. The Morgan fingerprint density at radius 2 is 1.71 bits per heavy atom. The van der Waals surface area contributed by atoms with Crippen molar-refractivity contribution in [3.8, 4) is 0 Å². The Morgan fingerprint density at radius 1 is 0.968 bits per heavy atom. The van der Waals surface area contributed by atoms with Gasteiger partial charge in [0, 0.05) is 30.8 Å². The third-order valence-corrected chi connectivity index (χ3v) is 6.32. The second-order valence-electron chi connectivity index (χ2n) is 8.50. The largest absolute Gasteiger partial charge is 0.342 e. The van der Waals surface area contributed by atoms with E-state index in [1.54, 1.807) is 24.4 Å². The second-order valence-corrected chi connectivity index (χ2v) is 8.50. The molecule has 2 heterocycles. The van der Waals surface area contributed by atoms with Gasteiger partial charge in [-0.15, -0.1) is 0 Å². The van der Waals surface area contributed by atoms with Gasteiger partial charge in [0.15, 0.2) is 0 Å². The Balaban J connectivity index is 1.32. The van der Waals surface area contributed by atoms with Gasteiger partial charge in [0.25, 0.3) is 0 Å². The lowest BCUT2D eigenvalue weighted by atomic mass is 9.96. The topological polar surface area (TPSA) is 79.3 Å². The van der Waals surface area contributed by atoms with E-state index in [1.165, 1.54) is 25.0 Å². The third kappa shape index (κ3) is 5.42. The van der Waals surface area contributed by atoms with Crippen molar-refractivity contribution < 1.29 is 14.0 Å². The monoisotopic (exact) mass is 427 g/mol. The first-order chi connectivity index (χ1) is 15.1. The van der Waals surface area contributed by atoms with Gasteiger partial charge < -0.3 is 10.2 Å². The molecule has 2 N–H and O–H groups in total. The Hall–Kier alpha value is -2.90. The summed E-state index contributed by atoms with van der Waals surface area (Å²) in [7, 11) is 0. The lowest BCUT2D eigenvalue weighted by Crippen LogP contribution is -2.42. The molecule has 1 saturated carbocycles. The van der Waals surface area contributed by atoms with Crippen LogP contribution in [0.15, 0.2) is 36.5 Å². The quantitative estimate of drug-likeness (QED) is 0.688. The summed E-state index contributed by atoms with van der Waals surface area (Å²) in [5.41, 5.74) is 0.383. The van der Waals surface area contributed by atoms with Crippen LogP contribution in [0.2, 0.25) is 0 Å². The number of urea groups is 1. The van der Waals surface area contributed by atoms with Gasteiger partial charge in [0.1, 0.15) is 11.6 Å². The van der Waals surface area contributed by atoms with Crippen molar-refractivity contribution in [2.75, 3.05) is 23.7 Å². The molecule has 1 aromatic carbocycles. The number of amides is 3. The molecule has 4 rings (SSSR count). The predicted molar refractivity (Wildman–Crippen MR) is 117 cm³/mol. The van der Waals surface area contributed by atoms with E-state index >= 15 is 0 Å². The lowest BCUT2D eigenvalue weighted by molar-refractivity contribution is -0.137. The van der Waals surface area contributed by atoms with Crippen LogP contribution in [0, 0.1) is 11.7 Å². The maximum atomic E-state index is 13.3. The van der Waals surface area contributed by atoms with Crippen LogP contribution in [-0.2, 0) is 4.79 Å². The smallest absolute Gasteiger partial charge is 0.324 e. The van der Waals surface area contributed by atoms with Crippen LogP contribution in [0.1, 0.15) is 57.4 Å². The molecule has 166 valence electrons. The fourth-order valence-corrected chi connectivity index (χ4v) is 4.66. The molecule has 3 amide bonds. The number of carbonyl (C=O) groups is 2. The zero-order valence-electron chi connectivity index (χ0n) is 17.7. The molecule has 2 aliphatic rings. The van der Waals surface area contributed by atoms with Gasteiger partial charge >= 0.3 is 6.03 Å². The number of piperidine rings is 1. The molecule has 1 aliphatic carbocycles. The van der Waals surface area contributed by atoms with Gasteiger partial charge in [-0.2, -0.15) is 5.10 Å². The molecule has 0 bridgehead atoms. The zero-order chi connectivity index (χ0) is 21.6. The summed E-state index contributed by atoms with van der Waals surface area (Å²) in [4.78, 5) is 27.3. The normalized spacial score (nSPS) is 18.4. The second kappa shape index (κ2) is 9.94. The van der Waals surface area contributed by atoms with E-state index in [0.717, 1.165) is 51.6 Å². The van der Waals surface area contributed by atoms with E-state index < -0.39 is 11.8 Å². The molecule has 0 unspecified atom stereocenters. The van der Waals surface area contributed by atoms with Gasteiger partial charge in [-0.3, -0.25) is 10.1 Å². The molecule has 8 heteroatoms. The maximum Gasteiger partial charge on any atom is 0.324 e. The van der Waals surface area contributed by atoms with Gasteiger partial charge in [-0.05, 0) is 43.9 Å². The van der Waals surface area contributed by atoms with Crippen molar-refractivity contribution >= 4 is 23.4 Å². The van der Waals surface area contributed by atoms with Crippen LogP contribution in [-0.4, -0.2) is 39.7 Å². The summed E-state index contributed by atoms with van der Waals surface area (Å²) in [6.07, 6.45) is 10.1. The number of hydrogen-bond acceptors (Lipinski definition) is 3. The highest BCUT2D eigenvalue weighted by Gasteiger charge is 2.30. The zero-order valence-corrected chi connectivity index (χ0v) is 17.7. The van der Waals surface area contributed by atoms with E-state index in [-0.39, 0.29) is 12.0 Å². The van der Waals surface area contributed by atoms with Crippen molar-refractivity contribution in [3.63, 3.8) is 0 Å². The van der Waals surface area contributed by atoms with Crippen LogP contribution < -0.4 is 10.6 Å². The first-order valence-corrected chi connectivity index (χ1v) is 11.3. The van der Waals surface area contributed by atoms with Gasteiger partial charge in [-0.1, -0.05) is 31.7 Å². The van der Waals surface area contributed by atoms with E-state index in [0.29, 0.717) is 17.4 Å². The summed E-state index contributed by atoms with van der Waals surface area (Å²) in [6, 6.07) is 7.17. The van der Waals surface area contributed by atoms with Crippen LogP contribution in [0.4, 0.5) is 20.7 Å². The molecular formula is C23H30FN5O2. The number of nitrogens with zero attached hydrogens (tertiary/aromatic N) is 3. The number of nitrogens with one attached hydrogen (secondary N) is 2. The summed E-state index contributed by atoms with van der Waals surface area (Å²) < 4.78 is 15.1. The van der Waals surface area contributed by atoms with Gasteiger partial charge in [0.2, 0.25) is 5.91 Å². The first-order valence-electron chi connectivity index (χ1n) is 11.3. The van der Waals surface area contributed by atoms with E-state index in [9.17, 15) is 14.0 Å². The number of likely N-dealkylation sites (tertiary alicyclic amines) is 1. The number of aromatic nitrogens is 2. The molecule has 7 nitrogen and oxygen atoms in total. The average Bonchev–Trinajstić information content (AvgIpc) is 3.04. The molecular weight excluding hydrogens is 397 g/mol. The van der Waals surface area contributed by atoms with Gasteiger partial charge in [-0.25, -0.2) is 13.9 Å². The van der Waals surface area contributed by atoms with Crippen molar-refractivity contribution in [1.82, 2.24) is 14.7 Å². The van der Waals surface area contributed by atoms with Crippen molar-refractivity contribution in [1.29, 1.82) is 0 Å². The van der Waals surface area contributed by atoms with Crippen LogP contribution >= 0.6 is 0 Å². The molecule has 1 aromatic heterocycles. The molecule has 0 atom stereocenters. The fraction of sp³-hybridized carbons (Fsp3) is 0.522. The maximum absolute atomic E-state index is 13.3. The number of rotatable bonds is 4. The van der Waals surface area contributed by atoms with Crippen molar-refractivity contribution in [2.45, 2.75) is 57.4 Å². The Kier molecular flexibility index (Phi) is 6.84. The molecule has 0 spiro atoms. The van der Waals surface area contributed by atoms with E-state index in [1.807, 2.05) is 9.58 Å². The predicted octanol–water partition coefficient (Wildman–Crippen LogP) is 4.80. The standard InChI is InChI=1S/C23H30FN5O2/c24-18-8-5-9-19(16-18)26-23(31)27-21-10-13-25-29(21)20-11-14-28(15-12-20)22(30)17-6-3-1-2-4-7-17/h5,8-10,13,16-17,20H,1-4,6-7,11-12,14-15H2,(H2,26,27,31). The molecule has 2 fully saturated rings. The highest BCUT2D eigenvalue weighted by molar-refractivity contribution is 5.99. The van der Waals surface area contributed by atoms with Crippen molar-refractivity contribution in [3.05, 3.63) is 42.3 Å². The Morgan fingerprint density at radius 3 is 2.42 bits per heavy atom. The minimum absolute atomic E-state index is 0.123. The third-order valence-electron chi connectivity index (χ3n) is 6.32. The number of carbonyl (C=O) groups excluding carboxylic acids is 2. The summed E-state index contributed by atoms with van der Waals surface area (Å²) >= 11 is 0. The average molecular weight is 428 g/mol. The summed E-state index contributed by atoms with van der Waals surface area (Å²) in [5.74, 6) is 0.677. The fourth-order valence-electron chi connectivity index (χ4n) is 4.66. The number of halogens is 1. The Labute approximate surface area is 182 Å². The number of anilines is 2. The molecule has 0 radical (unpaired) electrons. The summed E-state index contributed by atoms with van der Waals surface area (Å²) in [6.45, 7) is 1.43. The van der Waals surface area contributed by atoms with Gasteiger partial charge in [0.05, 0.1) is 12.2 Å². The van der Waals surface area contributed by atoms with Crippen LogP contribution in [0.5, 0.6) is 0 Å². The van der Waals surface area contributed by atoms with Crippen LogP contribution in [0.25, 0.3) is 0 Å². The van der Waals surface area contributed by atoms with E-state index in [2.05, 4.69) is 15.7 Å². The SMILES string of the molecule is O=C(Nc1cccc(F)c1)Nc1ccnn1C1CCN(C(=O)C2CCCCCC2)CC1. The molecule has 31 heavy (non-hydrogen) atoms. The number of benzene rings is 1. The summed E-state index contributed by atoms with van der Waals surface area (Å²) in [5, 5.41) is 9.82. The Bertz CT molecular complexity index is 899. The lowest BCUT2D eigenvalue weighted by Gasteiger charge is -2.34. The highest BCUT2D eigenvalue weighted by atomic mass is 19.1. The first kappa shape index (κ1) is 21.3. The van der Waals surface area contributed by atoms with Crippen molar-refractivity contribution in [2.24, 2.45) is 5.92 Å². The van der Waals surface area contributed by atoms with Crippen LogP contribution in [0.3, 0.4) is 0 Å². The minimum Gasteiger partial charge on any atom is -0.342 e.